The molecule has 0 spiro atoms. The lowest BCUT2D eigenvalue weighted by molar-refractivity contribution is -0.137. The maximum atomic E-state index is 15.1. The number of rotatable bonds is 7. The van der Waals surface area contributed by atoms with Gasteiger partial charge in [0.25, 0.3) is 0 Å². The van der Waals surface area contributed by atoms with Crippen LogP contribution in [0.3, 0.4) is 0 Å². The third kappa shape index (κ3) is 5.09. The maximum Gasteiger partial charge on any atom is 0.416 e. The Balaban J connectivity index is 1.53. The third-order valence-electron chi connectivity index (χ3n) is 6.82. The standard InChI is InChI=1S/C26H26F5N3O/c1-15-9-18(11-21(28)22(15)16(12-32)13-33-14-24(2)5-6-24)34-23(35)25(7-8-25)19-4-3-17(10-20(19)27)26(29,30)31/h3-4,9-13H,5-8,14,32H2,1-2H3,(H,34,35). The van der Waals surface area contributed by atoms with Crippen LogP contribution in [0.25, 0.3) is 5.57 Å². The molecule has 0 heterocycles. The second-order valence-corrected chi connectivity index (χ2v) is 9.78. The maximum absolute atomic E-state index is 15.1. The summed E-state index contributed by atoms with van der Waals surface area (Å²) in [5, 5.41) is 2.60. The molecule has 2 aliphatic rings. The molecule has 2 fully saturated rings. The Hall–Kier alpha value is -3.23. The van der Waals surface area contributed by atoms with E-state index in [-0.39, 0.29) is 35.1 Å². The number of aliphatic imine (C=N–C) groups is 1. The number of hydrogen-bond acceptors (Lipinski definition) is 3. The third-order valence-corrected chi connectivity index (χ3v) is 6.82. The minimum atomic E-state index is -4.69. The van der Waals surface area contributed by atoms with Gasteiger partial charge >= 0.3 is 6.18 Å². The highest BCUT2D eigenvalue weighted by Crippen LogP contribution is 2.50. The number of carbonyl (C=O) groups excluding carboxylic acids is 1. The van der Waals surface area contributed by atoms with Crippen LogP contribution < -0.4 is 11.1 Å². The van der Waals surface area contributed by atoms with Crippen LogP contribution in [-0.4, -0.2) is 18.7 Å². The molecule has 4 rings (SSSR count). The van der Waals surface area contributed by atoms with E-state index in [1.54, 1.807) is 19.2 Å². The molecule has 0 aliphatic heterocycles. The molecule has 2 saturated carbocycles. The molecule has 186 valence electrons. The molecular formula is C26H26F5N3O. The van der Waals surface area contributed by atoms with Crippen LogP contribution in [0.4, 0.5) is 27.6 Å². The first-order chi connectivity index (χ1) is 16.4. The number of amides is 1. The molecule has 0 atom stereocenters. The van der Waals surface area contributed by atoms with Crippen molar-refractivity contribution in [2.75, 3.05) is 11.9 Å². The summed E-state index contributed by atoms with van der Waals surface area (Å²) in [6.07, 6.45) is 0.880. The van der Waals surface area contributed by atoms with Gasteiger partial charge in [0.15, 0.2) is 0 Å². The van der Waals surface area contributed by atoms with Gasteiger partial charge in [-0.25, -0.2) is 8.78 Å². The van der Waals surface area contributed by atoms with Gasteiger partial charge in [-0.3, -0.25) is 9.79 Å². The number of nitrogens with zero attached hydrogens (tertiary/aromatic N) is 1. The van der Waals surface area contributed by atoms with E-state index in [0.29, 0.717) is 23.7 Å². The first-order valence-corrected chi connectivity index (χ1v) is 11.3. The number of nitrogens with one attached hydrogen (secondary N) is 1. The van der Waals surface area contributed by atoms with Gasteiger partial charge in [0, 0.05) is 41.3 Å². The van der Waals surface area contributed by atoms with Crippen molar-refractivity contribution >= 4 is 23.4 Å². The summed E-state index contributed by atoms with van der Waals surface area (Å²) < 4.78 is 68.2. The molecule has 0 unspecified atom stereocenters. The minimum absolute atomic E-state index is 0.106. The molecule has 3 N–H and O–H groups in total. The molecule has 0 radical (unpaired) electrons. The highest BCUT2D eigenvalue weighted by Gasteiger charge is 2.53. The summed E-state index contributed by atoms with van der Waals surface area (Å²) in [5.74, 6) is -2.31. The highest BCUT2D eigenvalue weighted by atomic mass is 19.4. The Bertz CT molecular complexity index is 1200. The molecule has 2 aromatic carbocycles. The molecule has 1 amide bonds. The molecule has 2 aromatic rings. The predicted molar refractivity (Wildman–Crippen MR) is 125 cm³/mol. The zero-order chi connectivity index (χ0) is 25.6. The average molecular weight is 492 g/mol. The van der Waals surface area contributed by atoms with E-state index in [9.17, 15) is 22.4 Å². The lowest BCUT2D eigenvalue weighted by Crippen LogP contribution is -2.29. The Morgan fingerprint density at radius 2 is 1.80 bits per heavy atom. The number of aryl methyl sites for hydroxylation is 1. The largest absolute Gasteiger partial charge is 0.416 e. The Kier molecular flexibility index (Phi) is 6.23. The van der Waals surface area contributed by atoms with Crippen LogP contribution in [-0.2, 0) is 16.4 Å². The molecule has 2 aliphatic carbocycles. The molecule has 4 nitrogen and oxygen atoms in total. The number of nitrogens with two attached hydrogens (primary N) is 1. The number of carbonyl (C=O) groups is 1. The zero-order valence-electron chi connectivity index (χ0n) is 19.4. The summed E-state index contributed by atoms with van der Waals surface area (Å²) in [5.41, 5.74) is 4.72. The number of benzene rings is 2. The van der Waals surface area contributed by atoms with Gasteiger partial charge in [0.2, 0.25) is 5.91 Å². The van der Waals surface area contributed by atoms with E-state index in [0.717, 1.165) is 31.0 Å². The molecule has 35 heavy (non-hydrogen) atoms. The van der Waals surface area contributed by atoms with Crippen molar-refractivity contribution in [3.63, 3.8) is 0 Å². The van der Waals surface area contributed by atoms with Crippen LogP contribution >= 0.6 is 0 Å². The first kappa shape index (κ1) is 24.9. The molecule has 0 saturated heterocycles. The normalized spacial score (nSPS) is 18.5. The summed E-state index contributed by atoms with van der Waals surface area (Å²) in [6, 6.07) is 4.86. The van der Waals surface area contributed by atoms with Crippen LogP contribution in [0.2, 0.25) is 0 Å². The van der Waals surface area contributed by atoms with E-state index in [1.165, 1.54) is 6.20 Å². The lowest BCUT2D eigenvalue weighted by atomic mass is 9.93. The summed E-state index contributed by atoms with van der Waals surface area (Å²) in [7, 11) is 0. The molecular weight excluding hydrogens is 465 g/mol. The van der Waals surface area contributed by atoms with E-state index in [1.807, 2.05) is 0 Å². The van der Waals surface area contributed by atoms with Crippen molar-refractivity contribution < 1.29 is 26.7 Å². The van der Waals surface area contributed by atoms with Crippen molar-refractivity contribution in [1.82, 2.24) is 0 Å². The smallest absolute Gasteiger partial charge is 0.404 e. The number of allylic oxidation sites excluding steroid dienone is 1. The first-order valence-electron chi connectivity index (χ1n) is 11.3. The predicted octanol–water partition coefficient (Wildman–Crippen LogP) is 6.13. The Morgan fingerprint density at radius 1 is 1.11 bits per heavy atom. The second-order valence-electron chi connectivity index (χ2n) is 9.78. The van der Waals surface area contributed by atoms with Gasteiger partial charge in [0.1, 0.15) is 11.6 Å². The Labute approximate surface area is 200 Å². The summed E-state index contributed by atoms with van der Waals surface area (Å²) in [6.45, 7) is 4.42. The van der Waals surface area contributed by atoms with Gasteiger partial charge in [-0.15, -0.1) is 0 Å². The molecule has 9 heteroatoms. The van der Waals surface area contributed by atoms with Gasteiger partial charge in [-0.1, -0.05) is 13.0 Å². The van der Waals surface area contributed by atoms with Crippen molar-refractivity contribution in [2.45, 2.75) is 51.1 Å². The number of halogens is 5. The van der Waals surface area contributed by atoms with E-state index < -0.39 is 34.7 Å². The van der Waals surface area contributed by atoms with Crippen LogP contribution in [0.1, 0.15) is 54.9 Å². The fourth-order valence-corrected chi connectivity index (χ4v) is 4.18. The van der Waals surface area contributed by atoms with E-state index >= 15 is 4.39 Å². The van der Waals surface area contributed by atoms with E-state index in [2.05, 4.69) is 17.2 Å². The topological polar surface area (TPSA) is 67.5 Å². The monoisotopic (exact) mass is 491 g/mol. The quantitative estimate of drug-likeness (QED) is 0.361. The van der Waals surface area contributed by atoms with Gasteiger partial charge in [0.05, 0.1) is 11.0 Å². The fourth-order valence-electron chi connectivity index (χ4n) is 4.18. The fraction of sp³-hybridized carbons (Fsp3) is 0.385. The van der Waals surface area contributed by atoms with Crippen molar-refractivity contribution in [1.29, 1.82) is 0 Å². The van der Waals surface area contributed by atoms with Crippen molar-refractivity contribution in [3.8, 4) is 0 Å². The number of alkyl halides is 3. The van der Waals surface area contributed by atoms with Crippen LogP contribution in [0.15, 0.2) is 41.5 Å². The van der Waals surface area contributed by atoms with Crippen LogP contribution in [0, 0.1) is 24.0 Å². The molecule has 0 aromatic heterocycles. The van der Waals surface area contributed by atoms with E-state index in [4.69, 9.17) is 5.73 Å². The summed E-state index contributed by atoms with van der Waals surface area (Å²) in [4.78, 5) is 17.4. The molecule has 0 bridgehead atoms. The van der Waals surface area contributed by atoms with Gasteiger partial charge < -0.3 is 11.1 Å². The average Bonchev–Trinajstić information content (AvgIpc) is 3.69. The second kappa shape index (κ2) is 8.77. The van der Waals surface area contributed by atoms with Crippen LogP contribution in [0.5, 0.6) is 0 Å². The SMILES string of the molecule is Cc1cc(NC(=O)C2(c3ccc(C(F)(F)F)cc3F)CC2)cc(F)c1C(C=NCC1(C)CC1)=CN. The van der Waals surface area contributed by atoms with Crippen molar-refractivity contribution in [3.05, 3.63) is 70.4 Å². The zero-order valence-corrected chi connectivity index (χ0v) is 19.4. The Morgan fingerprint density at radius 3 is 2.31 bits per heavy atom. The van der Waals surface area contributed by atoms with Gasteiger partial charge in [-0.2, -0.15) is 13.2 Å². The highest BCUT2D eigenvalue weighted by molar-refractivity contribution is 6.10. The van der Waals surface area contributed by atoms with Gasteiger partial charge in [-0.05, 0) is 67.9 Å². The number of anilines is 1. The summed E-state index contributed by atoms with van der Waals surface area (Å²) >= 11 is 0. The van der Waals surface area contributed by atoms with Crippen molar-refractivity contribution in [2.24, 2.45) is 16.1 Å². The number of hydrogen-bond donors (Lipinski definition) is 2. The minimum Gasteiger partial charge on any atom is -0.404 e. The lowest BCUT2D eigenvalue weighted by Gasteiger charge is -2.19.